The van der Waals surface area contributed by atoms with Gasteiger partial charge >= 0.3 is 0 Å². The van der Waals surface area contributed by atoms with E-state index in [1.165, 1.54) is 32.2 Å². The summed E-state index contributed by atoms with van der Waals surface area (Å²) in [4.78, 5) is 1.31. The van der Waals surface area contributed by atoms with Gasteiger partial charge in [-0.1, -0.05) is 18.2 Å². The average molecular weight is 697 g/mol. The third-order valence-electron chi connectivity index (χ3n) is 5.71. The Bertz CT molecular complexity index is 1540. The molecule has 2 nitrogen and oxygen atoms in total. The van der Waals surface area contributed by atoms with Gasteiger partial charge in [0.25, 0.3) is 0 Å². The normalized spacial score (nSPS) is 11.1. The highest BCUT2D eigenvalue weighted by Crippen LogP contribution is 2.50. The van der Waals surface area contributed by atoms with Crippen molar-refractivity contribution in [2.24, 2.45) is 0 Å². The first-order valence-corrected chi connectivity index (χ1v) is 14.5. The second-order valence-corrected chi connectivity index (χ2v) is 12.5. The van der Waals surface area contributed by atoms with E-state index in [0.29, 0.717) is 0 Å². The third kappa shape index (κ3) is 4.77. The minimum atomic E-state index is -0.169. The Morgan fingerprint density at radius 3 is 1.34 bits per heavy atom. The van der Waals surface area contributed by atoms with Crippen molar-refractivity contribution in [1.29, 1.82) is 0 Å². The van der Waals surface area contributed by atoms with E-state index in [1.54, 1.807) is 0 Å². The molecule has 0 saturated carbocycles. The summed E-state index contributed by atoms with van der Waals surface area (Å²) in [7, 11) is -0.169. The lowest BCUT2D eigenvalue weighted by Gasteiger charge is -2.06. The fourth-order valence-corrected chi connectivity index (χ4v) is 7.21. The Labute approximate surface area is 233 Å². The summed E-state index contributed by atoms with van der Waals surface area (Å²) in [6.07, 6.45) is 0. The first kappa shape index (κ1) is 22.8. The fourth-order valence-electron chi connectivity index (χ4n) is 4.13. The second kappa shape index (κ2) is 9.79. The molecule has 6 rings (SSSR count). The maximum atomic E-state index is 6.22. The van der Waals surface area contributed by atoms with E-state index in [0.717, 1.165) is 23.0 Å². The molecule has 5 heteroatoms. The molecule has 0 aliphatic rings. The zero-order chi connectivity index (χ0) is 23.8. The molecule has 0 bridgehead atoms. The van der Waals surface area contributed by atoms with Crippen LogP contribution in [0.15, 0.2) is 115 Å². The molecular formula is C30H19I2O2S+. The Morgan fingerprint density at radius 2 is 0.886 bits per heavy atom. The smallest absolute Gasteiger partial charge is 0.188 e. The quantitative estimate of drug-likeness (QED) is 0.132. The summed E-state index contributed by atoms with van der Waals surface area (Å²) < 4.78 is 17.4. The molecule has 1 heterocycles. The number of halogens is 2. The zero-order valence-electron chi connectivity index (χ0n) is 18.5. The molecule has 0 radical (unpaired) electrons. The van der Waals surface area contributed by atoms with Crippen molar-refractivity contribution in [3.05, 3.63) is 122 Å². The number of thiophene rings is 1. The Kier molecular flexibility index (Phi) is 6.39. The Morgan fingerprint density at radius 1 is 0.457 bits per heavy atom. The van der Waals surface area contributed by atoms with E-state index >= 15 is 0 Å². The van der Waals surface area contributed by atoms with E-state index < -0.39 is 0 Å². The molecule has 0 unspecified atom stereocenters. The molecule has 0 fully saturated rings. The number of fused-ring (bicyclic) bond motifs is 3. The molecule has 0 atom stereocenters. The predicted molar refractivity (Wildman–Crippen MR) is 164 cm³/mol. The molecule has 1 aromatic heterocycles. The second-order valence-electron chi connectivity index (χ2n) is 8.05. The van der Waals surface area contributed by atoms with Crippen LogP contribution in [0.3, 0.4) is 0 Å². The Balaban J connectivity index is 1.49. The third-order valence-corrected chi connectivity index (χ3v) is 9.48. The number of rotatable bonds is 5. The zero-order valence-corrected chi connectivity index (χ0v) is 23.6. The predicted octanol–water partition coefficient (Wildman–Crippen LogP) is 10.5. The fraction of sp³-hybridized carbons (Fsp3) is 0. The van der Waals surface area contributed by atoms with Crippen molar-refractivity contribution in [1.82, 2.24) is 0 Å². The first-order chi connectivity index (χ1) is 17.1. The molecular weight excluding hydrogens is 678 g/mol. The maximum absolute atomic E-state index is 6.22. The van der Waals surface area contributed by atoms with Crippen LogP contribution in [-0.4, -0.2) is 0 Å². The van der Waals surface area contributed by atoms with Crippen LogP contribution in [0.5, 0.6) is 23.0 Å². The van der Waals surface area contributed by atoms with Gasteiger partial charge < -0.3 is 9.47 Å². The minimum absolute atomic E-state index is 0.169. The monoisotopic (exact) mass is 697 g/mol. The number of hydrogen-bond acceptors (Lipinski definition) is 2. The van der Waals surface area contributed by atoms with Gasteiger partial charge in [0.05, 0.1) is 10.8 Å². The van der Waals surface area contributed by atoms with Gasteiger partial charge in [0.1, 0.15) is 23.0 Å². The van der Waals surface area contributed by atoms with Gasteiger partial charge in [-0.05, 0) is 130 Å². The summed E-state index contributed by atoms with van der Waals surface area (Å²) in [6, 6.07) is 39.9. The van der Waals surface area contributed by atoms with E-state index in [4.69, 9.17) is 9.47 Å². The summed E-state index contributed by atoms with van der Waals surface area (Å²) >= 11 is 4.61. The van der Waals surface area contributed by atoms with Gasteiger partial charge in [-0.2, -0.15) is 0 Å². The highest BCUT2D eigenvalue weighted by atomic mass is 127. The Hall–Kier alpha value is -2.62. The van der Waals surface area contributed by atoms with Gasteiger partial charge in [0.15, 0.2) is 14.3 Å². The molecule has 170 valence electrons. The highest BCUT2D eigenvalue weighted by Gasteiger charge is 2.24. The van der Waals surface area contributed by atoms with E-state index in [9.17, 15) is 0 Å². The molecule has 0 aliphatic carbocycles. The van der Waals surface area contributed by atoms with Crippen molar-refractivity contribution in [2.45, 2.75) is 0 Å². The van der Waals surface area contributed by atoms with E-state index in [-0.39, 0.29) is 10.5 Å². The number of hydrogen-bond donors (Lipinski definition) is 0. The average Bonchev–Trinajstić information content (AvgIpc) is 3.20. The topological polar surface area (TPSA) is 18.5 Å². The van der Waals surface area contributed by atoms with Crippen molar-refractivity contribution in [3.63, 3.8) is 0 Å². The lowest BCUT2D eigenvalue weighted by atomic mass is 10.1. The molecule has 5 aromatic carbocycles. The van der Waals surface area contributed by atoms with Crippen LogP contribution in [0.4, 0.5) is 0 Å². The van der Waals surface area contributed by atoms with Crippen LogP contribution < -0.4 is 9.47 Å². The molecule has 6 aromatic rings. The lowest BCUT2D eigenvalue weighted by Crippen LogP contribution is -1.84. The molecule has 35 heavy (non-hydrogen) atoms. The lowest BCUT2D eigenvalue weighted by molar-refractivity contribution is 0.482. The van der Waals surface area contributed by atoms with Crippen molar-refractivity contribution < 1.29 is 9.47 Å². The number of benzene rings is 5. The summed E-state index contributed by atoms with van der Waals surface area (Å²) in [5.41, 5.74) is 0. The van der Waals surface area contributed by atoms with Crippen LogP contribution in [0.25, 0.3) is 25.1 Å². The summed E-state index contributed by atoms with van der Waals surface area (Å²) in [5.74, 6) is 3.33. The van der Waals surface area contributed by atoms with Crippen LogP contribution in [-0.2, 0) is 0 Å². The molecule has 0 aliphatic heterocycles. The maximum Gasteiger partial charge on any atom is 0.188 e. The van der Waals surface area contributed by atoms with E-state index in [1.807, 2.05) is 24.3 Å². The largest absolute Gasteiger partial charge is 0.457 e. The van der Waals surface area contributed by atoms with Crippen LogP contribution >= 0.6 is 55.7 Å². The van der Waals surface area contributed by atoms with Gasteiger partial charge in [-0.3, -0.25) is 0 Å². The van der Waals surface area contributed by atoms with Crippen LogP contribution in [0.1, 0.15) is 0 Å². The summed E-state index contributed by atoms with van der Waals surface area (Å²) in [6.45, 7) is 0. The van der Waals surface area contributed by atoms with Gasteiger partial charge in [-0.15, -0.1) is 0 Å². The first-order valence-electron chi connectivity index (χ1n) is 11.1. The van der Waals surface area contributed by atoms with Gasteiger partial charge in [0.2, 0.25) is 0 Å². The van der Waals surface area contributed by atoms with Gasteiger partial charge in [-0.25, -0.2) is 0 Å². The minimum Gasteiger partial charge on any atom is -0.457 e. The standard InChI is InChI=1S/C30H19I2O2S/c31-20-6-10-22(11-7-20)33-24-14-16-29-27(18-24)28-19-25(34-23-12-8-21(32)9-13-23)15-17-30(28)35(29)26-4-2-1-3-5-26/h1-19H/q+1. The van der Waals surface area contributed by atoms with Gasteiger partial charge in [0, 0.05) is 29.7 Å². The highest BCUT2D eigenvalue weighted by molar-refractivity contribution is 14.1. The van der Waals surface area contributed by atoms with Crippen LogP contribution in [0, 0.1) is 7.14 Å². The van der Waals surface area contributed by atoms with Crippen LogP contribution in [0.2, 0.25) is 0 Å². The molecule has 0 N–H and O–H groups in total. The summed E-state index contributed by atoms with van der Waals surface area (Å²) in [5, 5.41) is 2.39. The van der Waals surface area contributed by atoms with Crippen molar-refractivity contribution in [2.75, 3.05) is 0 Å². The molecule has 0 spiro atoms. The molecule has 0 amide bonds. The van der Waals surface area contributed by atoms with Crippen molar-refractivity contribution in [3.8, 4) is 27.9 Å². The number of ether oxygens (including phenoxy) is 2. The van der Waals surface area contributed by atoms with E-state index in [2.05, 4.69) is 136 Å². The molecule has 0 saturated heterocycles. The SMILES string of the molecule is Ic1ccc(Oc2ccc3c(c2)c2cc(Oc4ccc(I)cc4)ccc2[s+]3-c2ccccc2)cc1. The van der Waals surface area contributed by atoms with Crippen molar-refractivity contribution >= 4 is 75.8 Å².